The third-order valence-electron chi connectivity index (χ3n) is 1.93. The maximum absolute atomic E-state index is 11.5. The number of nitrogens with one attached hydrogen (secondary N) is 1. The summed E-state index contributed by atoms with van der Waals surface area (Å²) in [5.41, 5.74) is -0.644. The van der Waals surface area contributed by atoms with Crippen molar-refractivity contribution >= 4 is 23.8 Å². The molecule has 0 aliphatic rings. The normalized spacial score (nSPS) is 12.3. The molecule has 1 atom stereocenters. The number of carbonyl (C=O) groups excluding carboxylic acids is 1. The van der Waals surface area contributed by atoms with Gasteiger partial charge in [-0.25, -0.2) is 9.59 Å². The summed E-state index contributed by atoms with van der Waals surface area (Å²) in [5, 5.41) is 11.4. The van der Waals surface area contributed by atoms with Gasteiger partial charge in [0.25, 0.3) is 0 Å². The van der Waals surface area contributed by atoms with Gasteiger partial charge in [0.15, 0.2) is 0 Å². The van der Waals surface area contributed by atoms with Gasteiger partial charge >= 0.3 is 12.1 Å². The Morgan fingerprint density at radius 2 is 2.05 bits per heavy atom. The molecule has 0 saturated heterocycles. The molecule has 1 amide bonds. The van der Waals surface area contributed by atoms with Gasteiger partial charge in [0.2, 0.25) is 0 Å². The summed E-state index contributed by atoms with van der Waals surface area (Å²) in [5.74, 6) is 2.85. The number of carbonyl (C=O) groups is 2. The van der Waals surface area contributed by atoms with Gasteiger partial charge in [-0.2, -0.15) is 11.8 Å². The van der Waals surface area contributed by atoms with Crippen molar-refractivity contribution in [1.82, 2.24) is 5.32 Å². The monoisotopic (exact) mass is 287 g/mol. The van der Waals surface area contributed by atoms with E-state index in [4.69, 9.17) is 16.3 Å². The Bertz CT molecular complexity index is 344. The first-order valence-electron chi connectivity index (χ1n) is 6.00. The predicted molar refractivity (Wildman–Crippen MR) is 76.2 cm³/mol. The lowest BCUT2D eigenvalue weighted by Crippen LogP contribution is -2.43. The molecule has 0 aromatic carbocycles. The molecular formula is C13H21NO4S. The maximum atomic E-state index is 11.5. The average Bonchev–Trinajstić information content (AvgIpc) is 2.24. The van der Waals surface area contributed by atoms with Crippen LogP contribution in [0.15, 0.2) is 0 Å². The smallest absolute Gasteiger partial charge is 0.408 e. The van der Waals surface area contributed by atoms with Crippen molar-refractivity contribution < 1.29 is 19.4 Å². The Morgan fingerprint density at radius 1 is 1.42 bits per heavy atom. The maximum Gasteiger partial charge on any atom is 0.408 e. The van der Waals surface area contributed by atoms with Crippen LogP contribution in [-0.2, 0) is 9.53 Å². The molecule has 2 N–H and O–H groups in total. The van der Waals surface area contributed by atoms with E-state index in [9.17, 15) is 9.59 Å². The second kappa shape index (κ2) is 8.70. The van der Waals surface area contributed by atoms with Crippen LogP contribution in [0.2, 0.25) is 0 Å². The highest BCUT2D eigenvalue weighted by Gasteiger charge is 2.23. The lowest BCUT2D eigenvalue weighted by molar-refractivity contribution is -0.139. The van der Waals surface area contributed by atoms with Gasteiger partial charge in [-0.15, -0.1) is 12.3 Å². The zero-order chi connectivity index (χ0) is 14.9. The lowest BCUT2D eigenvalue weighted by atomic mass is 10.2. The molecule has 0 aromatic rings. The van der Waals surface area contributed by atoms with E-state index in [1.807, 2.05) is 0 Å². The number of ether oxygens (including phenoxy) is 1. The number of carboxylic acid groups (broad SMARTS) is 1. The minimum Gasteiger partial charge on any atom is -0.480 e. The predicted octanol–water partition coefficient (Wildman–Crippen LogP) is 2.11. The van der Waals surface area contributed by atoms with Gasteiger partial charge in [-0.05, 0) is 32.9 Å². The summed E-state index contributed by atoms with van der Waals surface area (Å²) in [6.45, 7) is 5.16. The summed E-state index contributed by atoms with van der Waals surface area (Å²) >= 11 is 1.57. The average molecular weight is 287 g/mol. The van der Waals surface area contributed by atoms with Crippen LogP contribution < -0.4 is 5.32 Å². The molecule has 1 unspecified atom stereocenters. The minimum atomic E-state index is -1.07. The van der Waals surface area contributed by atoms with E-state index in [0.717, 1.165) is 5.75 Å². The van der Waals surface area contributed by atoms with Gasteiger partial charge in [-0.1, -0.05) is 0 Å². The second-order valence-corrected chi connectivity index (χ2v) is 6.12. The van der Waals surface area contributed by atoms with Gasteiger partial charge in [0.05, 0.1) is 0 Å². The van der Waals surface area contributed by atoms with Gasteiger partial charge < -0.3 is 15.2 Å². The van der Waals surface area contributed by atoms with Crippen LogP contribution in [0, 0.1) is 12.3 Å². The standard InChI is InChI=1S/C13H21NO4S/c1-5-6-8-19-9-7-10(11(15)16)14-12(17)18-13(2,3)4/h1,10H,6-9H2,2-4H3,(H,14,17)(H,15,16). The van der Waals surface area contributed by atoms with Crippen LogP contribution in [0.1, 0.15) is 33.6 Å². The Kier molecular flexibility index (Phi) is 8.08. The number of hydrogen-bond donors (Lipinski definition) is 2. The van der Waals surface area contributed by atoms with Crippen molar-refractivity contribution in [3.05, 3.63) is 0 Å². The van der Waals surface area contributed by atoms with Crippen LogP contribution >= 0.6 is 11.8 Å². The van der Waals surface area contributed by atoms with Gasteiger partial charge in [0, 0.05) is 12.2 Å². The van der Waals surface area contributed by atoms with E-state index >= 15 is 0 Å². The molecule has 5 nitrogen and oxygen atoms in total. The van der Waals surface area contributed by atoms with E-state index in [0.29, 0.717) is 18.6 Å². The van der Waals surface area contributed by atoms with Crippen LogP contribution in [-0.4, -0.2) is 40.3 Å². The van der Waals surface area contributed by atoms with Crippen molar-refractivity contribution in [3.8, 4) is 12.3 Å². The lowest BCUT2D eigenvalue weighted by Gasteiger charge is -2.21. The molecule has 0 aliphatic heterocycles. The van der Waals surface area contributed by atoms with E-state index in [1.54, 1.807) is 32.5 Å². The highest BCUT2D eigenvalue weighted by atomic mass is 32.2. The van der Waals surface area contributed by atoms with Crippen LogP contribution in [0.25, 0.3) is 0 Å². The van der Waals surface area contributed by atoms with Crippen molar-refractivity contribution in [2.45, 2.75) is 45.3 Å². The Labute approximate surface area is 118 Å². The molecule has 108 valence electrons. The first kappa shape index (κ1) is 17.6. The number of amides is 1. The molecule has 0 spiro atoms. The number of rotatable bonds is 7. The van der Waals surface area contributed by atoms with E-state index < -0.39 is 23.7 Å². The fraction of sp³-hybridized carbons (Fsp3) is 0.692. The third-order valence-corrected chi connectivity index (χ3v) is 2.95. The fourth-order valence-electron chi connectivity index (χ4n) is 1.14. The molecule has 0 aromatic heterocycles. The van der Waals surface area contributed by atoms with Crippen LogP contribution in [0.4, 0.5) is 4.79 Å². The molecule has 0 rings (SSSR count). The highest BCUT2D eigenvalue weighted by Crippen LogP contribution is 2.09. The molecule has 0 fully saturated rings. The van der Waals surface area contributed by atoms with Gasteiger partial charge in [0.1, 0.15) is 11.6 Å². The van der Waals surface area contributed by atoms with Crippen molar-refractivity contribution in [3.63, 3.8) is 0 Å². The number of hydrogen-bond acceptors (Lipinski definition) is 4. The highest BCUT2D eigenvalue weighted by molar-refractivity contribution is 7.99. The van der Waals surface area contributed by atoms with Gasteiger partial charge in [-0.3, -0.25) is 0 Å². The zero-order valence-electron chi connectivity index (χ0n) is 11.6. The molecule has 0 radical (unpaired) electrons. The first-order chi connectivity index (χ1) is 8.76. The number of carboxylic acids is 1. The summed E-state index contributed by atoms with van der Waals surface area (Å²) in [6.07, 6.45) is 5.39. The molecule has 0 aliphatic carbocycles. The van der Waals surface area contributed by atoms with Crippen LogP contribution in [0.3, 0.4) is 0 Å². The van der Waals surface area contributed by atoms with Crippen molar-refractivity contribution in [2.24, 2.45) is 0 Å². The van der Waals surface area contributed by atoms with Crippen LogP contribution in [0.5, 0.6) is 0 Å². The summed E-state index contributed by atoms with van der Waals surface area (Å²) in [6, 6.07) is -0.937. The summed E-state index contributed by atoms with van der Waals surface area (Å²) in [4.78, 5) is 22.5. The molecule has 6 heteroatoms. The second-order valence-electron chi connectivity index (χ2n) is 4.89. The van der Waals surface area contributed by atoms with E-state index in [-0.39, 0.29) is 0 Å². The van der Waals surface area contributed by atoms with E-state index in [2.05, 4.69) is 11.2 Å². The molecule has 0 saturated carbocycles. The minimum absolute atomic E-state index is 0.337. The Balaban J connectivity index is 4.10. The first-order valence-corrected chi connectivity index (χ1v) is 7.15. The number of alkyl carbamates (subject to hydrolysis) is 1. The Hall–Kier alpha value is -1.35. The Morgan fingerprint density at radius 3 is 2.53 bits per heavy atom. The van der Waals surface area contributed by atoms with Crippen molar-refractivity contribution in [1.29, 1.82) is 0 Å². The quantitative estimate of drug-likeness (QED) is 0.554. The fourth-order valence-corrected chi connectivity index (χ4v) is 2.01. The molecule has 19 heavy (non-hydrogen) atoms. The summed E-state index contributed by atoms with van der Waals surface area (Å²) in [7, 11) is 0. The number of terminal acetylenes is 1. The summed E-state index contributed by atoms with van der Waals surface area (Å²) < 4.78 is 5.02. The van der Waals surface area contributed by atoms with Crippen molar-refractivity contribution in [2.75, 3.05) is 11.5 Å². The third kappa shape index (κ3) is 10.3. The SMILES string of the molecule is C#CCCSCCC(NC(=O)OC(C)(C)C)C(=O)O. The topological polar surface area (TPSA) is 75.6 Å². The number of thioether (sulfide) groups is 1. The molecule has 0 heterocycles. The molecular weight excluding hydrogens is 266 g/mol. The largest absolute Gasteiger partial charge is 0.480 e. The number of aliphatic carboxylic acids is 1. The molecule has 0 bridgehead atoms. The van der Waals surface area contributed by atoms with E-state index in [1.165, 1.54) is 0 Å². The zero-order valence-corrected chi connectivity index (χ0v) is 12.4.